The van der Waals surface area contributed by atoms with Crippen LogP contribution in [0.1, 0.15) is 25.0 Å². The maximum Gasteiger partial charge on any atom is 0.573 e. The lowest BCUT2D eigenvalue weighted by atomic mass is 9.95. The third-order valence-corrected chi connectivity index (χ3v) is 3.78. The molecule has 0 amide bonds. The molecule has 0 aromatic heterocycles. The SMILES string of the molecule is CC.Cc1cc(-c2ccc(OC(F)(F)F)cc2)c2c(c1CO)N=CCN2. The Balaban J connectivity index is 0.00000117. The molecule has 2 aromatic carbocycles. The zero-order valence-electron chi connectivity index (χ0n) is 14.8. The van der Waals surface area contributed by atoms with Gasteiger partial charge in [-0.2, -0.15) is 0 Å². The van der Waals surface area contributed by atoms with Gasteiger partial charge >= 0.3 is 6.36 Å². The molecule has 2 N–H and O–H groups in total. The van der Waals surface area contributed by atoms with Gasteiger partial charge in [0.1, 0.15) is 5.75 Å². The van der Waals surface area contributed by atoms with Crippen molar-refractivity contribution >= 4 is 17.6 Å². The van der Waals surface area contributed by atoms with Crippen LogP contribution in [-0.2, 0) is 6.61 Å². The van der Waals surface area contributed by atoms with E-state index in [0.717, 1.165) is 27.9 Å². The highest BCUT2D eigenvalue weighted by molar-refractivity contribution is 5.93. The Bertz CT molecular complexity index is 785. The van der Waals surface area contributed by atoms with Gasteiger partial charge in [-0.15, -0.1) is 13.2 Å². The molecule has 0 aliphatic carbocycles. The number of fused-ring (bicyclic) bond motifs is 1. The number of aliphatic imine (C=N–C) groups is 1. The quantitative estimate of drug-likeness (QED) is 0.784. The van der Waals surface area contributed by atoms with Crippen LogP contribution in [0.3, 0.4) is 0 Å². The van der Waals surface area contributed by atoms with Gasteiger partial charge in [0.25, 0.3) is 0 Å². The molecule has 1 heterocycles. The molecule has 26 heavy (non-hydrogen) atoms. The van der Waals surface area contributed by atoms with Crippen LogP contribution in [0, 0.1) is 6.92 Å². The van der Waals surface area contributed by atoms with Crippen molar-refractivity contribution in [3.05, 3.63) is 41.5 Å². The Morgan fingerprint density at radius 3 is 2.42 bits per heavy atom. The molecule has 1 aliphatic rings. The van der Waals surface area contributed by atoms with Gasteiger partial charge in [-0.3, -0.25) is 4.99 Å². The molecule has 140 valence electrons. The molecular weight excluding hydrogens is 345 g/mol. The van der Waals surface area contributed by atoms with E-state index in [9.17, 15) is 18.3 Å². The summed E-state index contributed by atoms with van der Waals surface area (Å²) in [4.78, 5) is 4.36. The highest BCUT2D eigenvalue weighted by atomic mass is 19.4. The fourth-order valence-corrected chi connectivity index (χ4v) is 2.71. The Labute approximate surface area is 150 Å². The van der Waals surface area contributed by atoms with Crippen LogP contribution in [0.15, 0.2) is 35.3 Å². The third kappa shape index (κ3) is 4.35. The second-order valence-electron chi connectivity index (χ2n) is 5.37. The molecule has 0 unspecified atom stereocenters. The molecule has 0 radical (unpaired) electrons. The van der Waals surface area contributed by atoms with Crippen molar-refractivity contribution in [2.24, 2.45) is 4.99 Å². The lowest BCUT2D eigenvalue weighted by Gasteiger charge is -2.21. The average molecular weight is 366 g/mol. The number of alkyl halides is 3. The Morgan fingerprint density at radius 1 is 1.19 bits per heavy atom. The molecule has 0 spiro atoms. The zero-order chi connectivity index (χ0) is 19.3. The van der Waals surface area contributed by atoms with E-state index in [1.165, 1.54) is 12.1 Å². The standard InChI is InChI=1S/C17H15F3N2O2.C2H6/c1-10-8-13(15-16(14(10)9-23)22-7-6-21-15)11-2-4-12(5-3-11)24-17(18,19)20;1-2/h2-5,7-8,21,23H,6,9H2,1H3;1-2H3. The maximum absolute atomic E-state index is 12.3. The molecule has 0 bridgehead atoms. The summed E-state index contributed by atoms with van der Waals surface area (Å²) in [6.45, 7) is 6.27. The highest BCUT2D eigenvalue weighted by Gasteiger charge is 2.31. The van der Waals surface area contributed by atoms with Crippen molar-refractivity contribution in [1.82, 2.24) is 0 Å². The van der Waals surface area contributed by atoms with Gasteiger partial charge in [-0.25, -0.2) is 0 Å². The Kier molecular flexibility index (Phi) is 6.26. The van der Waals surface area contributed by atoms with Gasteiger partial charge < -0.3 is 15.2 Å². The van der Waals surface area contributed by atoms with Gasteiger partial charge in [0, 0.05) is 17.3 Å². The molecule has 0 atom stereocenters. The molecule has 4 nitrogen and oxygen atoms in total. The van der Waals surface area contributed by atoms with Crippen LogP contribution in [0.4, 0.5) is 24.5 Å². The first kappa shape index (κ1) is 19.8. The third-order valence-electron chi connectivity index (χ3n) is 3.78. The van der Waals surface area contributed by atoms with Crippen molar-refractivity contribution in [3.63, 3.8) is 0 Å². The van der Waals surface area contributed by atoms with Crippen molar-refractivity contribution in [2.75, 3.05) is 11.9 Å². The number of aliphatic hydroxyl groups excluding tert-OH is 1. The first-order chi connectivity index (χ1) is 12.4. The minimum absolute atomic E-state index is 0.133. The number of rotatable bonds is 3. The molecule has 0 saturated carbocycles. The molecular formula is C19H21F3N2O2. The molecule has 1 aliphatic heterocycles. The molecule has 0 saturated heterocycles. The summed E-state index contributed by atoms with van der Waals surface area (Å²) in [6.07, 6.45) is -3.00. The predicted molar refractivity (Wildman–Crippen MR) is 97.2 cm³/mol. The number of hydrogen-bond acceptors (Lipinski definition) is 4. The minimum Gasteiger partial charge on any atom is -0.406 e. The van der Waals surface area contributed by atoms with Crippen molar-refractivity contribution in [3.8, 4) is 16.9 Å². The van der Waals surface area contributed by atoms with E-state index in [0.29, 0.717) is 12.2 Å². The summed E-state index contributed by atoms with van der Waals surface area (Å²) in [7, 11) is 0. The monoisotopic (exact) mass is 366 g/mol. The fraction of sp³-hybridized carbons (Fsp3) is 0.316. The van der Waals surface area contributed by atoms with Crippen LogP contribution in [0.5, 0.6) is 5.75 Å². The van der Waals surface area contributed by atoms with E-state index in [1.54, 1.807) is 18.3 Å². The number of aryl methyl sites for hydroxylation is 1. The number of benzene rings is 2. The van der Waals surface area contributed by atoms with E-state index >= 15 is 0 Å². The molecule has 2 aromatic rings. The first-order valence-electron chi connectivity index (χ1n) is 8.29. The summed E-state index contributed by atoms with van der Waals surface area (Å²) in [5, 5.41) is 12.8. The van der Waals surface area contributed by atoms with Crippen LogP contribution < -0.4 is 10.1 Å². The number of aliphatic hydroxyl groups is 1. The summed E-state index contributed by atoms with van der Waals surface area (Å²) in [5.41, 5.74) is 4.57. The second-order valence-corrected chi connectivity index (χ2v) is 5.37. The van der Waals surface area contributed by atoms with Crippen molar-refractivity contribution in [2.45, 2.75) is 33.7 Å². The number of halogens is 3. The lowest BCUT2D eigenvalue weighted by molar-refractivity contribution is -0.274. The molecule has 0 fully saturated rings. The van der Waals surface area contributed by atoms with Crippen LogP contribution in [0.2, 0.25) is 0 Å². The summed E-state index contributed by atoms with van der Waals surface area (Å²) in [6, 6.07) is 7.56. The van der Waals surface area contributed by atoms with Crippen molar-refractivity contribution in [1.29, 1.82) is 0 Å². The van der Waals surface area contributed by atoms with Crippen LogP contribution in [-0.4, -0.2) is 24.2 Å². The molecule has 3 rings (SSSR count). The summed E-state index contributed by atoms with van der Waals surface area (Å²) in [5.74, 6) is -0.269. The average Bonchev–Trinajstić information content (AvgIpc) is 2.62. The van der Waals surface area contributed by atoms with Crippen LogP contribution >= 0.6 is 0 Å². The van der Waals surface area contributed by atoms with Gasteiger partial charge in [0.2, 0.25) is 0 Å². The number of nitrogens with one attached hydrogen (secondary N) is 1. The first-order valence-corrected chi connectivity index (χ1v) is 8.29. The number of ether oxygens (including phenoxy) is 1. The number of anilines is 1. The van der Waals surface area contributed by atoms with Crippen LogP contribution in [0.25, 0.3) is 11.1 Å². The fourth-order valence-electron chi connectivity index (χ4n) is 2.71. The Hall–Kier alpha value is -2.54. The molecule has 7 heteroatoms. The minimum atomic E-state index is -4.71. The highest BCUT2D eigenvalue weighted by Crippen LogP contribution is 2.42. The van der Waals surface area contributed by atoms with E-state index in [4.69, 9.17) is 0 Å². The zero-order valence-corrected chi connectivity index (χ0v) is 14.8. The Morgan fingerprint density at radius 2 is 1.85 bits per heavy atom. The predicted octanol–water partition coefficient (Wildman–Crippen LogP) is 5.21. The van der Waals surface area contributed by atoms with Crippen molar-refractivity contribution < 1.29 is 23.0 Å². The van der Waals surface area contributed by atoms with Gasteiger partial charge in [0.15, 0.2) is 0 Å². The normalized spacial score (nSPS) is 12.6. The largest absolute Gasteiger partial charge is 0.573 e. The van der Waals surface area contributed by atoms with E-state index in [1.807, 2.05) is 26.8 Å². The smallest absolute Gasteiger partial charge is 0.406 e. The van der Waals surface area contributed by atoms with E-state index in [-0.39, 0.29) is 12.4 Å². The lowest BCUT2D eigenvalue weighted by Crippen LogP contribution is -2.17. The number of hydrogen-bond donors (Lipinski definition) is 2. The summed E-state index contributed by atoms with van der Waals surface area (Å²) < 4.78 is 40.7. The van der Waals surface area contributed by atoms with E-state index < -0.39 is 6.36 Å². The maximum atomic E-state index is 12.3. The van der Waals surface area contributed by atoms with Gasteiger partial charge in [-0.1, -0.05) is 26.0 Å². The van der Waals surface area contributed by atoms with Gasteiger partial charge in [-0.05, 0) is 36.2 Å². The topological polar surface area (TPSA) is 53.9 Å². The van der Waals surface area contributed by atoms with Gasteiger partial charge in [0.05, 0.1) is 24.5 Å². The van der Waals surface area contributed by atoms with E-state index in [2.05, 4.69) is 15.0 Å². The number of nitrogens with zero attached hydrogens (tertiary/aromatic N) is 1. The second kappa shape index (κ2) is 8.23. The summed E-state index contributed by atoms with van der Waals surface area (Å²) >= 11 is 0.